The monoisotopic (exact) mass is 244 g/mol. The normalized spacial score (nSPS) is 15.3. The molecule has 0 radical (unpaired) electrons. The van der Waals surface area contributed by atoms with Crippen LogP contribution >= 0.6 is 0 Å². The van der Waals surface area contributed by atoms with Crippen molar-refractivity contribution in [1.82, 2.24) is 0 Å². The fourth-order valence-electron chi connectivity index (χ4n) is 1.00. The van der Waals surface area contributed by atoms with Crippen LogP contribution < -0.4 is 4.46 Å². The van der Waals surface area contributed by atoms with Crippen molar-refractivity contribution in [2.75, 3.05) is 7.11 Å². The van der Waals surface area contributed by atoms with Gasteiger partial charge in [-0.15, -0.1) is 0 Å². The first kappa shape index (κ1) is 10.8. The average Bonchev–Trinajstić information content (AvgIpc) is 2.18. The van der Waals surface area contributed by atoms with Crippen molar-refractivity contribution in [3.63, 3.8) is 0 Å². The molecule has 0 unspecified atom stereocenters. The number of hydrogen-bond donors (Lipinski definition) is 0. The Morgan fingerprint density at radius 1 is 1.15 bits per heavy atom. The van der Waals surface area contributed by atoms with Crippen molar-refractivity contribution in [2.24, 2.45) is 0 Å². The van der Waals surface area contributed by atoms with Gasteiger partial charge in [0.05, 0.1) is 0 Å². The van der Waals surface area contributed by atoms with Gasteiger partial charge in [0.1, 0.15) is 0 Å². The molecule has 1 rings (SSSR count). The van der Waals surface area contributed by atoms with Gasteiger partial charge in [-0.05, 0) is 0 Å². The van der Waals surface area contributed by atoms with Gasteiger partial charge < -0.3 is 0 Å². The molecule has 0 aliphatic rings. The van der Waals surface area contributed by atoms with E-state index in [1.165, 1.54) is 4.46 Å². The fraction of sp³-hybridized carbons (Fsp3) is 0.455. The van der Waals surface area contributed by atoms with Gasteiger partial charge in [0, 0.05) is 0 Å². The Morgan fingerprint density at radius 3 is 2.31 bits per heavy atom. The van der Waals surface area contributed by atoms with E-state index in [9.17, 15) is 0 Å². The summed E-state index contributed by atoms with van der Waals surface area (Å²) >= 11 is 0.524. The molecule has 0 saturated carbocycles. The third-order valence-electron chi connectivity index (χ3n) is 2.10. The summed E-state index contributed by atoms with van der Waals surface area (Å²) in [6.07, 6.45) is 0.361. The summed E-state index contributed by atoms with van der Waals surface area (Å²) in [5.74, 6) is 0. The predicted molar refractivity (Wildman–Crippen MR) is 57.7 cm³/mol. The summed E-state index contributed by atoms with van der Waals surface area (Å²) in [5, 5.41) is 0. The van der Waals surface area contributed by atoms with E-state index in [0.717, 1.165) is 0 Å². The molecule has 1 aromatic carbocycles. The van der Waals surface area contributed by atoms with Gasteiger partial charge >= 0.3 is 86.4 Å². The van der Waals surface area contributed by atoms with Crippen LogP contribution in [0.5, 0.6) is 0 Å². The molecular weight excluding hydrogens is 227 g/mol. The van der Waals surface area contributed by atoms with Crippen molar-refractivity contribution in [2.45, 2.75) is 24.8 Å². The van der Waals surface area contributed by atoms with E-state index < -0.39 is 0 Å². The van der Waals surface area contributed by atoms with Gasteiger partial charge in [-0.3, -0.25) is 0 Å². The zero-order chi connectivity index (χ0) is 9.68. The Bertz CT molecular complexity index is 235. The zero-order valence-electron chi connectivity index (χ0n) is 8.36. The van der Waals surface area contributed by atoms with Gasteiger partial charge in [-0.2, -0.15) is 0 Å². The van der Waals surface area contributed by atoms with Crippen molar-refractivity contribution in [1.29, 1.82) is 0 Å². The summed E-state index contributed by atoms with van der Waals surface area (Å²) < 4.78 is 6.75. The quantitative estimate of drug-likeness (QED) is 0.733. The van der Waals surface area contributed by atoms with E-state index in [1.807, 2.05) is 0 Å². The molecule has 0 aliphatic heterocycles. The van der Waals surface area contributed by atoms with Crippen molar-refractivity contribution >= 4 is 19.4 Å². The van der Waals surface area contributed by atoms with Crippen LogP contribution in [0.15, 0.2) is 30.3 Å². The molecule has 0 aliphatic carbocycles. The van der Waals surface area contributed by atoms with E-state index in [-0.39, 0.29) is 0 Å². The van der Waals surface area contributed by atoms with Crippen molar-refractivity contribution in [3.8, 4) is 0 Å². The number of rotatable bonds is 4. The second-order valence-electron chi connectivity index (χ2n) is 3.08. The van der Waals surface area contributed by atoms with Crippen LogP contribution in [0, 0.1) is 0 Å². The molecule has 0 aromatic heterocycles. The first-order valence-corrected chi connectivity index (χ1v) is 6.33. The SMILES string of the molecule is CO[C@@H](C)[C@@H](C)[Se]c1ccccc1. The van der Waals surface area contributed by atoms with E-state index in [2.05, 4.69) is 44.2 Å². The Hall–Kier alpha value is -0.301. The van der Waals surface area contributed by atoms with E-state index in [1.54, 1.807) is 7.11 Å². The molecule has 1 nitrogen and oxygen atoms in total. The molecule has 0 amide bonds. The van der Waals surface area contributed by atoms with Crippen LogP contribution in [0.2, 0.25) is 4.82 Å². The van der Waals surface area contributed by atoms with Crippen molar-refractivity contribution in [3.05, 3.63) is 30.3 Å². The second kappa shape index (κ2) is 5.43. The van der Waals surface area contributed by atoms with Crippen LogP contribution in [0.25, 0.3) is 0 Å². The van der Waals surface area contributed by atoms with E-state index in [0.29, 0.717) is 25.9 Å². The van der Waals surface area contributed by atoms with Crippen molar-refractivity contribution < 1.29 is 4.74 Å². The minimum atomic E-state index is 0.361. The minimum absolute atomic E-state index is 0.361. The van der Waals surface area contributed by atoms with Gasteiger partial charge in [0.25, 0.3) is 0 Å². The molecule has 13 heavy (non-hydrogen) atoms. The zero-order valence-corrected chi connectivity index (χ0v) is 10.1. The third kappa shape index (κ3) is 3.51. The molecule has 0 N–H and O–H groups in total. The molecule has 0 heterocycles. The Kier molecular flexibility index (Phi) is 4.51. The topological polar surface area (TPSA) is 9.23 Å². The maximum absolute atomic E-state index is 5.30. The molecule has 0 saturated heterocycles. The summed E-state index contributed by atoms with van der Waals surface area (Å²) in [4.78, 5) is 0.639. The molecule has 1 aromatic rings. The second-order valence-corrected chi connectivity index (χ2v) is 6.12. The van der Waals surface area contributed by atoms with Crippen LogP contribution in [0.1, 0.15) is 13.8 Å². The number of hydrogen-bond acceptors (Lipinski definition) is 1. The fourth-order valence-corrected chi connectivity index (χ4v) is 3.20. The first-order valence-electron chi connectivity index (χ1n) is 4.48. The molecule has 0 spiro atoms. The Balaban J connectivity index is 2.50. The number of methoxy groups -OCH3 is 1. The molecule has 2 heteroatoms. The number of benzene rings is 1. The van der Waals surface area contributed by atoms with Gasteiger partial charge in [0.15, 0.2) is 0 Å². The van der Waals surface area contributed by atoms with E-state index in [4.69, 9.17) is 4.74 Å². The van der Waals surface area contributed by atoms with Crippen LogP contribution in [-0.2, 0) is 4.74 Å². The Labute approximate surface area is 86.7 Å². The van der Waals surface area contributed by atoms with Crippen LogP contribution in [0.3, 0.4) is 0 Å². The molecule has 0 fully saturated rings. The predicted octanol–water partition coefficient (Wildman–Crippen LogP) is 1.86. The maximum atomic E-state index is 5.30. The van der Waals surface area contributed by atoms with Crippen LogP contribution in [-0.4, -0.2) is 28.2 Å². The molecule has 2 atom stereocenters. The van der Waals surface area contributed by atoms with Gasteiger partial charge in [-0.1, -0.05) is 0 Å². The number of ether oxygens (including phenoxy) is 1. The van der Waals surface area contributed by atoms with Gasteiger partial charge in [0.2, 0.25) is 0 Å². The molecule has 0 bridgehead atoms. The summed E-state index contributed by atoms with van der Waals surface area (Å²) in [6, 6.07) is 10.6. The van der Waals surface area contributed by atoms with E-state index >= 15 is 0 Å². The summed E-state index contributed by atoms with van der Waals surface area (Å²) in [6.45, 7) is 4.39. The summed E-state index contributed by atoms with van der Waals surface area (Å²) in [7, 11) is 1.78. The third-order valence-corrected chi connectivity index (χ3v) is 4.82. The van der Waals surface area contributed by atoms with Gasteiger partial charge in [-0.25, -0.2) is 0 Å². The Morgan fingerprint density at radius 2 is 1.77 bits per heavy atom. The molecular formula is C11H16OSe. The first-order chi connectivity index (χ1) is 6.24. The average molecular weight is 243 g/mol. The summed E-state index contributed by atoms with van der Waals surface area (Å²) in [5.41, 5.74) is 0. The standard InChI is InChI=1S/C11H16OSe/c1-9(12-3)10(2)13-11-7-5-4-6-8-11/h4-10H,1-3H3/t9-,10+/m0/s1. The van der Waals surface area contributed by atoms with Crippen LogP contribution in [0.4, 0.5) is 0 Å². The molecule has 72 valence electrons.